The van der Waals surface area contributed by atoms with Crippen molar-refractivity contribution in [2.45, 2.75) is 12.8 Å². The van der Waals surface area contributed by atoms with E-state index in [1.165, 1.54) is 24.6 Å². The van der Waals surface area contributed by atoms with Gasteiger partial charge in [-0.25, -0.2) is 0 Å². The second-order valence-electron chi connectivity index (χ2n) is 6.84. The summed E-state index contributed by atoms with van der Waals surface area (Å²) >= 11 is 7.04. The molecule has 0 unspecified atom stereocenters. The van der Waals surface area contributed by atoms with Crippen LogP contribution < -0.4 is 0 Å². The Bertz CT molecular complexity index is 988. The first-order chi connectivity index (χ1) is 13.2. The largest absolute Gasteiger partial charge is 0.358 e. The Labute approximate surface area is 169 Å². The number of hydrogen-bond acceptors (Lipinski definition) is 3. The molecule has 1 saturated heterocycles. The number of benzene rings is 2. The lowest BCUT2D eigenvalue weighted by Crippen LogP contribution is -2.24. The first-order valence-electron chi connectivity index (χ1n) is 9.24. The lowest BCUT2D eigenvalue weighted by atomic mass is 10.0. The molecule has 0 radical (unpaired) electrons. The van der Waals surface area contributed by atoms with E-state index < -0.39 is 0 Å². The molecule has 0 N–H and O–H groups in total. The zero-order chi connectivity index (χ0) is 18.8. The highest BCUT2D eigenvalue weighted by atomic mass is 32.2. The fourth-order valence-corrected chi connectivity index (χ4v) is 4.92. The van der Waals surface area contributed by atoms with Crippen molar-refractivity contribution in [2.24, 2.45) is 7.05 Å². The quantitative estimate of drug-likeness (QED) is 0.452. The molecule has 5 heteroatoms. The summed E-state index contributed by atoms with van der Waals surface area (Å²) in [6.45, 7) is 2.03. The number of carbonyl (C=O) groups excluding carboxylic acids is 1. The third-order valence-electron chi connectivity index (χ3n) is 5.12. The normalized spacial score (nSPS) is 14.0. The Morgan fingerprint density at radius 3 is 2.44 bits per heavy atom. The molecule has 1 aromatic heterocycles. The third kappa shape index (κ3) is 3.54. The second-order valence-corrected chi connectivity index (χ2v) is 8.45. The molecule has 3 nitrogen and oxygen atoms in total. The zero-order valence-electron chi connectivity index (χ0n) is 15.4. The van der Waals surface area contributed by atoms with Crippen molar-refractivity contribution < 1.29 is 4.79 Å². The van der Waals surface area contributed by atoms with E-state index in [1.54, 1.807) is 0 Å². The van der Waals surface area contributed by atoms with Gasteiger partial charge in [-0.3, -0.25) is 4.79 Å². The fourth-order valence-electron chi connectivity index (χ4n) is 3.80. The van der Waals surface area contributed by atoms with Crippen LogP contribution in [0.4, 0.5) is 0 Å². The summed E-state index contributed by atoms with van der Waals surface area (Å²) in [5, 5.41) is 1.01. The summed E-state index contributed by atoms with van der Waals surface area (Å²) in [6.07, 6.45) is 2.38. The van der Waals surface area contributed by atoms with Crippen molar-refractivity contribution in [2.75, 3.05) is 18.8 Å². The number of para-hydroxylation sites is 1. The molecule has 2 aromatic carbocycles. The summed E-state index contributed by atoms with van der Waals surface area (Å²) in [5.74, 6) is 0.514. The Hall–Kier alpha value is -2.11. The SMILES string of the molecule is Cn1c(-c2ccccc2)c(C(=O)CSC(=S)N2CCCC2)c2ccccc21. The number of thiocarbonyl (C=S) groups is 1. The summed E-state index contributed by atoms with van der Waals surface area (Å²) < 4.78 is 2.98. The number of Topliss-reactive ketones (excluding diaryl/α,β-unsaturated/α-hetero) is 1. The van der Waals surface area contributed by atoms with Gasteiger partial charge in [0.15, 0.2) is 5.78 Å². The molecular formula is C22H22N2OS2. The van der Waals surface area contributed by atoms with E-state index in [0.717, 1.165) is 45.1 Å². The van der Waals surface area contributed by atoms with Crippen LogP contribution in [0.2, 0.25) is 0 Å². The van der Waals surface area contributed by atoms with E-state index >= 15 is 0 Å². The monoisotopic (exact) mass is 394 g/mol. The molecule has 3 aromatic rings. The van der Waals surface area contributed by atoms with Gasteiger partial charge in [0.25, 0.3) is 0 Å². The van der Waals surface area contributed by atoms with Crippen LogP contribution in [-0.2, 0) is 7.05 Å². The molecule has 2 heterocycles. The van der Waals surface area contributed by atoms with E-state index in [9.17, 15) is 4.79 Å². The number of thioether (sulfide) groups is 1. The van der Waals surface area contributed by atoms with Crippen LogP contribution in [0.3, 0.4) is 0 Å². The molecule has 0 aliphatic carbocycles. The zero-order valence-corrected chi connectivity index (χ0v) is 17.0. The Balaban J connectivity index is 1.69. The van der Waals surface area contributed by atoms with Gasteiger partial charge in [0.05, 0.1) is 17.0 Å². The first-order valence-corrected chi connectivity index (χ1v) is 10.6. The minimum Gasteiger partial charge on any atom is -0.358 e. The van der Waals surface area contributed by atoms with E-state index in [0.29, 0.717) is 5.75 Å². The number of likely N-dealkylation sites (tertiary alicyclic amines) is 1. The number of rotatable bonds is 4. The second kappa shape index (κ2) is 7.87. The van der Waals surface area contributed by atoms with Crippen LogP contribution in [0, 0.1) is 0 Å². The summed E-state index contributed by atoms with van der Waals surface area (Å²) in [6, 6.07) is 18.3. The maximum Gasteiger partial charge on any atom is 0.175 e. The van der Waals surface area contributed by atoms with Gasteiger partial charge in [0.2, 0.25) is 0 Å². The lowest BCUT2D eigenvalue weighted by Gasteiger charge is -2.17. The molecule has 138 valence electrons. The molecule has 4 rings (SSSR count). The van der Waals surface area contributed by atoms with E-state index in [1.807, 2.05) is 43.4 Å². The Morgan fingerprint density at radius 2 is 1.70 bits per heavy atom. The fraction of sp³-hybridized carbons (Fsp3) is 0.273. The van der Waals surface area contributed by atoms with Gasteiger partial charge < -0.3 is 9.47 Å². The summed E-state index contributed by atoms with van der Waals surface area (Å²) in [4.78, 5) is 15.5. The van der Waals surface area contributed by atoms with E-state index in [-0.39, 0.29) is 5.78 Å². The molecular weight excluding hydrogens is 372 g/mol. The molecule has 27 heavy (non-hydrogen) atoms. The lowest BCUT2D eigenvalue weighted by molar-refractivity contribution is 0.102. The number of aryl methyl sites for hydroxylation is 1. The molecule has 1 fully saturated rings. The number of carbonyl (C=O) groups is 1. The number of fused-ring (bicyclic) bond motifs is 1. The highest BCUT2D eigenvalue weighted by molar-refractivity contribution is 8.23. The minimum absolute atomic E-state index is 0.136. The van der Waals surface area contributed by atoms with Crippen molar-refractivity contribution in [1.29, 1.82) is 0 Å². The highest BCUT2D eigenvalue weighted by Crippen LogP contribution is 2.34. The summed E-state index contributed by atoms with van der Waals surface area (Å²) in [7, 11) is 2.03. The van der Waals surface area contributed by atoms with Crippen molar-refractivity contribution in [1.82, 2.24) is 9.47 Å². The Kier molecular flexibility index (Phi) is 5.32. The van der Waals surface area contributed by atoms with Gasteiger partial charge in [-0.05, 0) is 24.5 Å². The van der Waals surface area contributed by atoms with Crippen LogP contribution in [0.5, 0.6) is 0 Å². The van der Waals surface area contributed by atoms with Crippen LogP contribution in [-0.4, -0.2) is 38.4 Å². The molecule has 0 bridgehead atoms. The number of nitrogens with zero attached hydrogens (tertiary/aromatic N) is 2. The smallest absolute Gasteiger partial charge is 0.175 e. The average molecular weight is 395 g/mol. The van der Waals surface area contributed by atoms with E-state index in [2.05, 4.69) is 27.7 Å². The average Bonchev–Trinajstić information content (AvgIpc) is 3.34. The van der Waals surface area contributed by atoms with Gasteiger partial charge in [-0.1, -0.05) is 72.5 Å². The topological polar surface area (TPSA) is 25.2 Å². The molecule has 1 aliphatic heterocycles. The maximum absolute atomic E-state index is 13.3. The Morgan fingerprint density at radius 1 is 1.04 bits per heavy atom. The number of ketones is 1. The van der Waals surface area contributed by atoms with Crippen molar-refractivity contribution in [3.8, 4) is 11.3 Å². The van der Waals surface area contributed by atoms with Gasteiger partial charge in [-0.15, -0.1) is 0 Å². The van der Waals surface area contributed by atoms with Gasteiger partial charge >= 0.3 is 0 Å². The van der Waals surface area contributed by atoms with Crippen molar-refractivity contribution in [3.05, 3.63) is 60.2 Å². The van der Waals surface area contributed by atoms with Gasteiger partial charge in [0.1, 0.15) is 4.32 Å². The standard InChI is InChI=1S/C22H22N2OS2/c1-23-18-12-6-5-11-17(18)20(21(23)16-9-3-2-4-10-16)19(25)15-27-22(26)24-13-7-8-14-24/h2-6,9-12H,7-8,13-15H2,1H3. The van der Waals surface area contributed by atoms with Crippen molar-refractivity contribution in [3.63, 3.8) is 0 Å². The molecule has 0 spiro atoms. The van der Waals surface area contributed by atoms with Gasteiger partial charge in [0, 0.05) is 31.0 Å². The first kappa shape index (κ1) is 18.3. The highest BCUT2D eigenvalue weighted by Gasteiger charge is 2.23. The number of hydrogen-bond donors (Lipinski definition) is 0. The predicted octanol–water partition coefficient (Wildman–Crippen LogP) is 5.14. The van der Waals surface area contributed by atoms with Crippen LogP contribution in [0.15, 0.2) is 54.6 Å². The summed E-state index contributed by atoms with van der Waals surface area (Å²) in [5.41, 5.74) is 3.92. The number of aromatic nitrogens is 1. The van der Waals surface area contributed by atoms with Crippen LogP contribution in [0.1, 0.15) is 23.2 Å². The maximum atomic E-state index is 13.3. The van der Waals surface area contributed by atoms with Crippen LogP contribution >= 0.6 is 24.0 Å². The molecule has 0 saturated carbocycles. The minimum atomic E-state index is 0.136. The molecule has 1 aliphatic rings. The molecule has 0 atom stereocenters. The van der Waals surface area contributed by atoms with Crippen molar-refractivity contribution >= 4 is 45.0 Å². The molecule has 0 amide bonds. The predicted molar refractivity (Wildman–Crippen MR) is 119 cm³/mol. The third-order valence-corrected chi connectivity index (χ3v) is 6.65. The van der Waals surface area contributed by atoms with Gasteiger partial charge in [-0.2, -0.15) is 0 Å². The van der Waals surface area contributed by atoms with E-state index in [4.69, 9.17) is 12.2 Å². The van der Waals surface area contributed by atoms with Crippen LogP contribution in [0.25, 0.3) is 22.2 Å².